The van der Waals surface area contributed by atoms with Crippen molar-refractivity contribution < 1.29 is 0 Å². The fourth-order valence-electron chi connectivity index (χ4n) is 1.29. The van der Waals surface area contributed by atoms with Gasteiger partial charge in [-0.1, -0.05) is 23.8 Å². The van der Waals surface area contributed by atoms with Gasteiger partial charge in [0.1, 0.15) is 0 Å². The molecule has 2 nitrogen and oxygen atoms in total. The summed E-state index contributed by atoms with van der Waals surface area (Å²) in [5.41, 5.74) is 15.0. The Kier molecular flexibility index (Phi) is 4.99. The van der Waals surface area contributed by atoms with Crippen LogP contribution in [0.25, 0.3) is 0 Å². The molecule has 0 saturated carbocycles. The molecule has 0 aliphatic heterocycles. The maximum atomic E-state index is 5.84. The summed E-state index contributed by atoms with van der Waals surface area (Å²) in [5.74, 6) is 0. The van der Waals surface area contributed by atoms with E-state index in [2.05, 4.69) is 32.0 Å². The van der Waals surface area contributed by atoms with E-state index in [4.69, 9.17) is 11.5 Å². The average molecular weight is 201 g/mol. The van der Waals surface area contributed by atoms with Crippen LogP contribution in [0.4, 0.5) is 0 Å². The molecule has 0 aliphatic rings. The van der Waals surface area contributed by atoms with Crippen LogP contribution in [0.3, 0.4) is 0 Å². The third-order valence-electron chi connectivity index (χ3n) is 2.09. The number of nitrogens with two attached hydrogens (primary N) is 2. The summed E-state index contributed by atoms with van der Waals surface area (Å²) >= 11 is 0. The van der Waals surface area contributed by atoms with Crippen molar-refractivity contribution in [3.05, 3.63) is 34.9 Å². The summed E-state index contributed by atoms with van der Waals surface area (Å²) in [6.45, 7) is 4.63. The predicted octanol–water partition coefficient (Wildman–Crippen LogP) is 1.68. The maximum absolute atomic E-state index is 5.84. The van der Waals surface area contributed by atoms with Crippen LogP contribution in [-0.2, 0) is 0 Å². The molecule has 0 radical (unpaired) electrons. The van der Waals surface area contributed by atoms with Crippen molar-refractivity contribution in [2.45, 2.75) is 19.9 Å². The first-order chi connectivity index (χ1) is 5.65. The average Bonchev–Trinajstić information content (AvgIpc) is 2.08. The zero-order valence-corrected chi connectivity index (χ0v) is 8.90. The summed E-state index contributed by atoms with van der Waals surface area (Å²) < 4.78 is 0. The minimum absolute atomic E-state index is 0. The van der Waals surface area contributed by atoms with E-state index >= 15 is 0 Å². The second-order valence-electron chi connectivity index (χ2n) is 3.20. The van der Waals surface area contributed by atoms with Gasteiger partial charge < -0.3 is 11.5 Å². The number of aryl methyl sites for hydroxylation is 2. The van der Waals surface area contributed by atoms with Crippen LogP contribution in [0.1, 0.15) is 22.7 Å². The third-order valence-corrected chi connectivity index (χ3v) is 2.09. The van der Waals surface area contributed by atoms with Gasteiger partial charge in [-0.2, -0.15) is 0 Å². The topological polar surface area (TPSA) is 52.0 Å². The molecule has 1 atom stereocenters. The van der Waals surface area contributed by atoms with Crippen molar-refractivity contribution in [3.63, 3.8) is 0 Å². The molecule has 1 aromatic rings. The Balaban J connectivity index is 0.00000144. The Morgan fingerprint density at radius 3 is 2.46 bits per heavy atom. The van der Waals surface area contributed by atoms with Gasteiger partial charge in [0.25, 0.3) is 0 Å². The largest absolute Gasteiger partial charge is 0.329 e. The molecule has 0 fully saturated rings. The van der Waals surface area contributed by atoms with Crippen molar-refractivity contribution in [2.75, 3.05) is 6.54 Å². The van der Waals surface area contributed by atoms with Crippen LogP contribution >= 0.6 is 12.4 Å². The van der Waals surface area contributed by atoms with E-state index in [-0.39, 0.29) is 18.4 Å². The van der Waals surface area contributed by atoms with Gasteiger partial charge in [-0.05, 0) is 25.0 Å². The van der Waals surface area contributed by atoms with E-state index in [1.807, 2.05) is 0 Å². The van der Waals surface area contributed by atoms with Crippen LogP contribution in [0.5, 0.6) is 0 Å². The van der Waals surface area contributed by atoms with Crippen molar-refractivity contribution in [1.82, 2.24) is 0 Å². The fourth-order valence-corrected chi connectivity index (χ4v) is 1.29. The number of hydrogen-bond acceptors (Lipinski definition) is 2. The van der Waals surface area contributed by atoms with Gasteiger partial charge in [0.15, 0.2) is 0 Å². The SMILES string of the molecule is Cc1ccc(C)c([C@H](N)CN)c1.Cl. The zero-order valence-electron chi connectivity index (χ0n) is 8.08. The first-order valence-corrected chi connectivity index (χ1v) is 4.18. The molecule has 0 saturated heterocycles. The van der Waals surface area contributed by atoms with Crippen LogP contribution in [0, 0.1) is 13.8 Å². The Morgan fingerprint density at radius 2 is 1.92 bits per heavy atom. The number of halogens is 1. The summed E-state index contributed by atoms with van der Waals surface area (Å²) in [6.07, 6.45) is 0. The van der Waals surface area contributed by atoms with Gasteiger partial charge in [0.2, 0.25) is 0 Å². The number of rotatable bonds is 2. The Hall–Kier alpha value is -0.570. The Bertz CT molecular complexity index is 274. The number of hydrogen-bond donors (Lipinski definition) is 2. The lowest BCUT2D eigenvalue weighted by Gasteiger charge is -2.12. The lowest BCUT2D eigenvalue weighted by molar-refractivity contribution is 0.731. The molecule has 4 N–H and O–H groups in total. The normalized spacial score (nSPS) is 12.0. The minimum Gasteiger partial charge on any atom is -0.329 e. The zero-order chi connectivity index (χ0) is 9.14. The first kappa shape index (κ1) is 12.4. The van der Waals surface area contributed by atoms with Crippen LogP contribution in [-0.4, -0.2) is 6.54 Å². The molecular weight excluding hydrogens is 184 g/mol. The van der Waals surface area contributed by atoms with Crippen molar-refractivity contribution in [2.24, 2.45) is 11.5 Å². The highest BCUT2D eigenvalue weighted by atomic mass is 35.5. The predicted molar refractivity (Wildman–Crippen MR) is 59.1 cm³/mol. The Labute approximate surface area is 85.7 Å². The lowest BCUT2D eigenvalue weighted by atomic mass is 10.00. The molecule has 1 aromatic carbocycles. The molecule has 0 aliphatic carbocycles. The highest BCUT2D eigenvalue weighted by Gasteiger charge is 2.05. The molecule has 0 heterocycles. The van der Waals surface area contributed by atoms with E-state index in [0.717, 1.165) is 5.56 Å². The summed E-state index contributed by atoms with van der Waals surface area (Å²) in [6, 6.07) is 6.25. The molecule has 74 valence electrons. The van der Waals surface area contributed by atoms with Crippen molar-refractivity contribution in [3.8, 4) is 0 Å². The third kappa shape index (κ3) is 2.99. The standard InChI is InChI=1S/C10H16N2.ClH/c1-7-3-4-8(2)9(5-7)10(12)6-11;/h3-5,10H,6,11-12H2,1-2H3;1H/t10-;/m1./s1. The van der Waals surface area contributed by atoms with Crippen molar-refractivity contribution in [1.29, 1.82) is 0 Å². The first-order valence-electron chi connectivity index (χ1n) is 4.18. The van der Waals surface area contributed by atoms with Gasteiger partial charge in [-0.25, -0.2) is 0 Å². The molecule has 13 heavy (non-hydrogen) atoms. The van der Waals surface area contributed by atoms with Gasteiger partial charge in [0.05, 0.1) is 0 Å². The van der Waals surface area contributed by atoms with E-state index in [9.17, 15) is 0 Å². The molecule has 0 bridgehead atoms. The lowest BCUT2D eigenvalue weighted by Crippen LogP contribution is -2.21. The van der Waals surface area contributed by atoms with Crippen LogP contribution in [0.15, 0.2) is 18.2 Å². The summed E-state index contributed by atoms with van der Waals surface area (Å²) in [7, 11) is 0. The fraction of sp³-hybridized carbons (Fsp3) is 0.400. The Morgan fingerprint density at radius 1 is 1.31 bits per heavy atom. The molecule has 0 unspecified atom stereocenters. The van der Waals surface area contributed by atoms with Gasteiger partial charge in [-0.15, -0.1) is 12.4 Å². The molecule has 1 rings (SSSR count). The quantitative estimate of drug-likeness (QED) is 0.764. The highest BCUT2D eigenvalue weighted by Crippen LogP contribution is 2.16. The monoisotopic (exact) mass is 200 g/mol. The second kappa shape index (κ2) is 5.22. The van der Waals surface area contributed by atoms with Gasteiger partial charge in [0, 0.05) is 12.6 Å². The van der Waals surface area contributed by atoms with E-state index in [1.165, 1.54) is 11.1 Å². The molecule has 3 heteroatoms. The van der Waals surface area contributed by atoms with E-state index < -0.39 is 0 Å². The van der Waals surface area contributed by atoms with Crippen LogP contribution < -0.4 is 11.5 Å². The van der Waals surface area contributed by atoms with Crippen LogP contribution in [0.2, 0.25) is 0 Å². The number of benzene rings is 1. The van der Waals surface area contributed by atoms with E-state index in [1.54, 1.807) is 0 Å². The maximum Gasteiger partial charge on any atom is 0.0422 e. The summed E-state index contributed by atoms with van der Waals surface area (Å²) in [5, 5.41) is 0. The molecule has 0 amide bonds. The van der Waals surface area contributed by atoms with E-state index in [0.29, 0.717) is 6.54 Å². The minimum atomic E-state index is -0.0232. The molecular formula is C10H17ClN2. The smallest absolute Gasteiger partial charge is 0.0422 e. The highest BCUT2D eigenvalue weighted by molar-refractivity contribution is 5.85. The second-order valence-corrected chi connectivity index (χ2v) is 3.20. The molecule has 0 aromatic heterocycles. The summed E-state index contributed by atoms with van der Waals surface area (Å²) in [4.78, 5) is 0. The van der Waals surface area contributed by atoms with Gasteiger partial charge in [-0.3, -0.25) is 0 Å². The molecule has 0 spiro atoms. The van der Waals surface area contributed by atoms with Crippen molar-refractivity contribution >= 4 is 12.4 Å². The van der Waals surface area contributed by atoms with Gasteiger partial charge >= 0.3 is 0 Å².